The summed E-state index contributed by atoms with van der Waals surface area (Å²) in [7, 11) is 3.25. The molecule has 1 spiro atoms. The van der Waals surface area contributed by atoms with Crippen molar-refractivity contribution in [1.82, 2.24) is 15.1 Å². The van der Waals surface area contributed by atoms with Crippen LogP contribution in [0.3, 0.4) is 0 Å². The first-order valence-electron chi connectivity index (χ1n) is 8.62. The van der Waals surface area contributed by atoms with Crippen LogP contribution in [0.15, 0.2) is 18.2 Å². The first kappa shape index (κ1) is 17.4. The van der Waals surface area contributed by atoms with Gasteiger partial charge >= 0.3 is 6.03 Å². The van der Waals surface area contributed by atoms with Crippen molar-refractivity contribution in [2.75, 3.05) is 38.6 Å². The number of urea groups is 1. The lowest BCUT2D eigenvalue weighted by Crippen LogP contribution is -2.74. The number of benzene rings is 1. The summed E-state index contributed by atoms with van der Waals surface area (Å²) in [6.45, 7) is 1.77. The molecule has 1 aromatic rings. The number of carbonyl (C=O) groups is 3. The molecular weight excluding hydrogens is 354 g/mol. The molecule has 0 unspecified atom stereocenters. The summed E-state index contributed by atoms with van der Waals surface area (Å²) in [4.78, 5) is 53.7. The molecule has 3 aliphatic rings. The maximum absolute atomic E-state index is 13.2. The Labute approximate surface area is 154 Å². The molecule has 4 rings (SSSR count). The monoisotopic (exact) mass is 373 g/mol. The van der Waals surface area contributed by atoms with Gasteiger partial charge in [0.05, 0.1) is 11.0 Å². The van der Waals surface area contributed by atoms with Crippen LogP contribution in [0, 0.1) is 15.5 Å². The number of anilines is 1. The third-order valence-electron chi connectivity index (χ3n) is 5.82. The van der Waals surface area contributed by atoms with Crippen molar-refractivity contribution in [3.63, 3.8) is 0 Å². The Morgan fingerprint density at radius 3 is 2.67 bits per heavy atom. The van der Waals surface area contributed by atoms with Gasteiger partial charge in [-0.05, 0) is 18.7 Å². The molecule has 2 atom stereocenters. The van der Waals surface area contributed by atoms with Crippen LogP contribution in [-0.4, -0.2) is 72.3 Å². The predicted molar refractivity (Wildman–Crippen MR) is 94.2 cm³/mol. The summed E-state index contributed by atoms with van der Waals surface area (Å²) in [5.74, 6) is -1.21. The van der Waals surface area contributed by atoms with E-state index in [1.165, 1.54) is 19.2 Å². The number of fused-ring (bicyclic) bond motifs is 4. The smallest absolute Gasteiger partial charge is 0.330 e. The van der Waals surface area contributed by atoms with Crippen LogP contribution in [0.25, 0.3) is 0 Å². The van der Waals surface area contributed by atoms with Gasteiger partial charge in [0.15, 0.2) is 5.41 Å². The summed E-state index contributed by atoms with van der Waals surface area (Å²) in [6.07, 6.45) is 0.0152. The number of barbiturate groups is 1. The largest absolute Gasteiger partial charge is 0.364 e. The maximum Gasteiger partial charge on any atom is 0.330 e. The minimum atomic E-state index is -1.50. The zero-order valence-corrected chi connectivity index (χ0v) is 15.0. The molecule has 1 N–H and O–H groups in total. The molecule has 2 saturated heterocycles. The van der Waals surface area contributed by atoms with E-state index in [1.54, 1.807) is 6.07 Å². The van der Waals surface area contributed by atoms with Gasteiger partial charge in [0.2, 0.25) is 11.8 Å². The quantitative estimate of drug-likeness (QED) is 0.417. The van der Waals surface area contributed by atoms with Gasteiger partial charge in [-0.2, -0.15) is 0 Å². The molecule has 0 radical (unpaired) electrons. The van der Waals surface area contributed by atoms with Gasteiger partial charge in [-0.1, -0.05) is 0 Å². The summed E-state index contributed by atoms with van der Waals surface area (Å²) in [6, 6.07) is 3.32. The molecule has 3 heterocycles. The van der Waals surface area contributed by atoms with Crippen LogP contribution in [0.4, 0.5) is 16.2 Å². The number of rotatable bonds is 1. The molecular formula is C17H19N5O5. The third kappa shape index (κ3) is 2.33. The summed E-state index contributed by atoms with van der Waals surface area (Å²) < 4.78 is 0. The predicted octanol–water partition coefficient (Wildman–Crippen LogP) is -0.0341. The van der Waals surface area contributed by atoms with Gasteiger partial charge in [-0.25, -0.2) is 4.79 Å². The minimum absolute atomic E-state index is 0.0152. The van der Waals surface area contributed by atoms with Gasteiger partial charge in [-0.3, -0.25) is 29.9 Å². The first-order chi connectivity index (χ1) is 12.8. The fourth-order valence-electron chi connectivity index (χ4n) is 4.39. The molecule has 1 aromatic carbocycles. The standard InChI is InChI=1S/C17H19N5O5/c1-19-5-6-21-12-4-3-11(22(26)27)7-10(12)8-17(13(21)9-19)14(23)18-16(25)20(2)15(17)24/h3-4,7,13H,5-6,8-9H2,1-2H3,(H,18,23,25)/t13-,17-/m0/s1. The van der Waals surface area contributed by atoms with Crippen LogP contribution >= 0.6 is 0 Å². The van der Waals surface area contributed by atoms with Crippen molar-refractivity contribution in [2.24, 2.45) is 5.41 Å². The molecule has 27 heavy (non-hydrogen) atoms. The molecule has 2 fully saturated rings. The Bertz CT molecular complexity index is 886. The Kier molecular flexibility index (Phi) is 3.70. The first-order valence-corrected chi connectivity index (χ1v) is 8.62. The molecule has 0 aliphatic carbocycles. The number of amides is 4. The average Bonchev–Trinajstić information content (AvgIpc) is 2.64. The van der Waals surface area contributed by atoms with E-state index in [4.69, 9.17) is 0 Å². The molecule has 0 saturated carbocycles. The van der Waals surface area contributed by atoms with Crippen LogP contribution in [0.2, 0.25) is 0 Å². The number of nitrogens with zero attached hydrogens (tertiary/aromatic N) is 4. The lowest BCUT2D eigenvalue weighted by molar-refractivity contribution is -0.384. The van der Waals surface area contributed by atoms with E-state index >= 15 is 0 Å². The van der Waals surface area contributed by atoms with Crippen molar-refractivity contribution in [2.45, 2.75) is 12.5 Å². The van der Waals surface area contributed by atoms with Crippen molar-refractivity contribution in [3.05, 3.63) is 33.9 Å². The van der Waals surface area contributed by atoms with Crippen LogP contribution in [0.5, 0.6) is 0 Å². The zero-order chi connectivity index (χ0) is 19.5. The van der Waals surface area contributed by atoms with Gasteiger partial charge in [-0.15, -0.1) is 0 Å². The van der Waals surface area contributed by atoms with Gasteiger partial charge in [0.1, 0.15) is 0 Å². The molecule has 142 valence electrons. The Morgan fingerprint density at radius 1 is 1.22 bits per heavy atom. The molecule has 0 aromatic heterocycles. The van der Waals surface area contributed by atoms with Gasteiger partial charge in [0.25, 0.3) is 5.69 Å². The summed E-state index contributed by atoms with van der Waals surface area (Å²) in [5.41, 5.74) is -0.232. The highest BCUT2D eigenvalue weighted by Gasteiger charge is 2.62. The number of nitrogens with one attached hydrogen (secondary N) is 1. The van der Waals surface area contributed by atoms with Crippen LogP contribution in [-0.2, 0) is 16.0 Å². The Morgan fingerprint density at radius 2 is 1.96 bits per heavy atom. The third-order valence-corrected chi connectivity index (χ3v) is 5.82. The van der Waals surface area contributed by atoms with Gasteiger partial charge < -0.3 is 9.80 Å². The second-order valence-corrected chi connectivity index (χ2v) is 7.31. The maximum atomic E-state index is 13.2. The number of imide groups is 2. The van der Waals surface area contributed by atoms with E-state index in [2.05, 4.69) is 5.32 Å². The van der Waals surface area contributed by atoms with E-state index in [0.29, 0.717) is 18.7 Å². The number of hydrogen-bond acceptors (Lipinski definition) is 7. The Hall–Kier alpha value is -3.01. The van der Waals surface area contributed by atoms with Crippen molar-refractivity contribution in [1.29, 1.82) is 0 Å². The van der Waals surface area contributed by atoms with E-state index in [0.717, 1.165) is 17.1 Å². The molecule has 10 nitrogen and oxygen atoms in total. The van der Waals surface area contributed by atoms with Crippen molar-refractivity contribution < 1.29 is 19.3 Å². The summed E-state index contributed by atoms with van der Waals surface area (Å²) >= 11 is 0. The van der Waals surface area contributed by atoms with Gasteiger partial charge in [0, 0.05) is 50.9 Å². The fraction of sp³-hybridized carbons (Fsp3) is 0.471. The number of carbonyl (C=O) groups excluding carboxylic acids is 3. The highest BCUT2D eigenvalue weighted by molar-refractivity contribution is 6.20. The number of nitro groups is 1. The van der Waals surface area contributed by atoms with Crippen molar-refractivity contribution in [3.8, 4) is 0 Å². The number of non-ortho nitro benzene ring substituents is 1. The van der Waals surface area contributed by atoms with E-state index in [-0.39, 0.29) is 12.1 Å². The highest BCUT2D eigenvalue weighted by atomic mass is 16.6. The lowest BCUT2D eigenvalue weighted by atomic mass is 9.67. The summed E-state index contributed by atoms with van der Waals surface area (Å²) in [5, 5.41) is 13.5. The SMILES string of the molecule is CN1CCN2c3ccc([N+](=O)[O-])cc3C[C@@]3(C(=O)NC(=O)N(C)C3=O)[C@@H]2C1. The average molecular weight is 373 g/mol. The minimum Gasteiger partial charge on any atom is -0.364 e. The van der Waals surface area contributed by atoms with Crippen LogP contribution in [0.1, 0.15) is 5.56 Å². The Balaban J connectivity index is 1.90. The highest BCUT2D eigenvalue weighted by Crippen LogP contribution is 2.46. The molecule has 4 amide bonds. The fourth-order valence-corrected chi connectivity index (χ4v) is 4.39. The van der Waals surface area contributed by atoms with Crippen molar-refractivity contribution >= 4 is 29.2 Å². The number of piperazine rings is 1. The van der Waals surface area contributed by atoms with Crippen LogP contribution < -0.4 is 10.2 Å². The number of nitro benzene ring substituents is 1. The van der Waals surface area contributed by atoms with E-state index in [9.17, 15) is 24.5 Å². The second kappa shape index (κ2) is 5.74. The normalized spacial score (nSPS) is 28.1. The molecule has 0 bridgehead atoms. The number of hydrogen-bond donors (Lipinski definition) is 1. The van der Waals surface area contributed by atoms with E-state index in [1.807, 2.05) is 16.8 Å². The second-order valence-electron chi connectivity index (χ2n) is 7.31. The lowest BCUT2D eigenvalue weighted by Gasteiger charge is -2.54. The zero-order valence-electron chi connectivity index (χ0n) is 15.0. The number of likely N-dealkylation sites (N-methyl/N-ethyl adjacent to an activating group) is 1. The molecule has 10 heteroatoms. The molecule has 3 aliphatic heterocycles. The van der Waals surface area contributed by atoms with E-state index < -0.39 is 34.2 Å². The topological polar surface area (TPSA) is 116 Å².